The van der Waals surface area contributed by atoms with Crippen LogP contribution >= 0.6 is 0 Å². The number of amides is 1. The lowest BCUT2D eigenvalue weighted by molar-refractivity contribution is 0.0701. The van der Waals surface area contributed by atoms with E-state index in [9.17, 15) is 9.18 Å². The van der Waals surface area contributed by atoms with Gasteiger partial charge in [-0.05, 0) is 37.0 Å². The molecule has 1 amide bonds. The van der Waals surface area contributed by atoms with Gasteiger partial charge in [0.15, 0.2) is 0 Å². The van der Waals surface area contributed by atoms with Crippen LogP contribution in [0.3, 0.4) is 0 Å². The second kappa shape index (κ2) is 8.21. The van der Waals surface area contributed by atoms with Gasteiger partial charge >= 0.3 is 0 Å². The maximum absolute atomic E-state index is 13.2. The van der Waals surface area contributed by atoms with Crippen LogP contribution in [-0.4, -0.2) is 51.2 Å². The quantitative estimate of drug-likeness (QED) is 0.827. The van der Waals surface area contributed by atoms with Gasteiger partial charge < -0.3 is 4.90 Å². The Bertz CT molecular complexity index is 784. The second-order valence-electron chi connectivity index (χ2n) is 7.81. The highest BCUT2D eigenvalue weighted by molar-refractivity contribution is 5.95. The van der Waals surface area contributed by atoms with Crippen molar-refractivity contribution >= 4 is 5.91 Å². The van der Waals surface area contributed by atoms with Crippen LogP contribution in [0.25, 0.3) is 0 Å². The zero-order chi connectivity index (χ0) is 19.6. The van der Waals surface area contributed by atoms with Crippen LogP contribution in [0.5, 0.6) is 0 Å². The molecule has 0 N–H and O–H groups in total. The standard InChI is InChI=1S/C21H29FN4O/c1-15(2)20-14-26(21(27)19-13-24(4)23-16(19)3)11-5-10-25(20)12-17-6-8-18(22)9-7-17/h6-9,13,15,20H,5,10-12,14H2,1-4H3. The molecule has 2 aromatic rings. The van der Waals surface area contributed by atoms with Crippen LogP contribution in [0.2, 0.25) is 0 Å². The molecule has 1 atom stereocenters. The molecule has 1 fully saturated rings. The van der Waals surface area contributed by atoms with Crippen molar-refractivity contribution in [2.75, 3.05) is 19.6 Å². The lowest BCUT2D eigenvalue weighted by Crippen LogP contribution is -2.45. The SMILES string of the molecule is Cc1nn(C)cc1C(=O)N1CCCN(Cc2ccc(F)cc2)C(C(C)C)C1. The molecule has 1 unspecified atom stereocenters. The zero-order valence-corrected chi connectivity index (χ0v) is 16.7. The first-order chi connectivity index (χ1) is 12.8. The van der Waals surface area contributed by atoms with Crippen molar-refractivity contribution in [3.05, 3.63) is 53.1 Å². The van der Waals surface area contributed by atoms with Crippen LogP contribution < -0.4 is 0 Å². The topological polar surface area (TPSA) is 41.4 Å². The first kappa shape index (κ1) is 19.5. The summed E-state index contributed by atoms with van der Waals surface area (Å²) in [4.78, 5) is 17.5. The summed E-state index contributed by atoms with van der Waals surface area (Å²) in [7, 11) is 1.84. The van der Waals surface area contributed by atoms with Gasteiger partial charge in [-0.1, -0.05) is 26.0 Å². The molecule has 0 saturated carbocycles. The molecule has 1 aromatic carbocycles. The van der Waals surface area contributed by atoms with E-state index in [1.165, 1.54) is 12.1 Å². The van der Waals surface area contributed by atoms with Gasteiger partial charge in [0.05, 0.1) is 11.3 Å². The Morgan fingerprint density at radius 1 is 1.26 bits per heavy atom. The number of rotatable bonds is 4. The van der Waals surface area contributed by atoms with Crippen molar-refractivity contribution in [2.24, 2.45) is 13.0 Å². The van der Waals surface area contributed by atoms with Gasteiger partial charge in [0, 0.05) is 45.5 Å². The van der Waals surface area contributed by atoms with Crippen molar-refractivity contribution < 1.29 is 9.18 Å². The highest BCUT2D eigenvalue weighted by Gasteiger charge is 2.30. The fourth-order valence-corrected chi connectivity index (χ4v) is 3.88. The van der Waals surface area contributed by atoms with Gasteiger partial charge in [-0.3, -0.25) is 14.4 Å². The van der Waals surface area contributed by atoms with Gasteiger partial charge in [-0.25, -0.2) is 4.39 Å². The Morgan fingerprint density at radius 2 is 1.96 bits per heavy atom. The Hall–Kier alpha value is -2.21. The van der Waals surface area contributed by atoms with Crippen LogP contribution in [-0.2, 0) is 13.6 Å². The summed E-state index contributed by atoms with van der Waals surface area (Å²) in [5, 5.41) is 4.31. The highest BCUT2D eigenvalue weighted by atomic mass is 19.1. The van der Waals surface area contributed by atoms with Gasteiger partial charge in [0.1, 0.15) is 5.82 Å². The van der Waals surface area contributed by atoms with Gasteiger partial charge in [-0.15, -0.1) is 0 Å². The van der Waals surface area contributed by atoms with Crippen molar-refractivity contribution in [2.45, 2.75) is 39.8 Å². The van der Waals surface area contributed by atoms with Crippen molar-refractivity contribution in [1.29, 1.82) is 0 Å². The molecule has 146 valence electrons. The smallest absolute Gasteiger partial charge is 0.257 e. The van der Waals surface area contributed by atoms with Crippen molar-refractivity contribution in [3.8, 4) is 0 Å². The molecule has 1 saturated heterocycles. The minimum Gasteiger partial charge on any atom is -0.337 e. The average molecular weight is 372 g/mol. The zero-order valence-electron chi connectivity index (χ0n) is 16.7. The predicted octanol–water partition coefficient (Wildman–Crippen LogP) is 3.24. The van der Waals surface area contributed by atoms with Crippen LogP contribution in [0.1, 0.15) is 41.9 Å². The van der Waals surface area contributed by atoms with E-state index in [0.29, 0.717) is 18.0 Å². The molecule has 1 aliphatic heterocycles. The number of benzene rings is 1. The van der Waals surface area contributed by atoms with E-state index in [1.54, 1.807) is 4.68 Å². The number of carbonyl (C=O) groups is 1. The number of hydrogen-bond acceptors (Lipinski definition) is 3. The molecular formula is C21H29FN4O. The summed E-state index contributed by atoms with van der Waals surface area (Å²) in [6, 6.07) is 6.98. The third-order valence-corrected chi connectivity index (χ3v) is 5.35. The Kier molecular flexibility index (Phi) is 5.95. The molecule has 1 aromatic heterocycles. The fraction of sp³-hybridized carbons (Fsp3) is 0.524. The van der Waals surface area contributed by atoms with Crippen LogP contribution in [0.4, 0.5) is 4.39 Å². The number of carbonyl (C=O) groups excluding carboxylic acids is 1. The first-order valence-corrected chi connectivity index (χ1v) is 9.63. The van der Waals surface area contributed by atoms with E-state index < -0.39 is 0 Å². The monoisotopic (exact) mass is 372 g/mol. The molecule has 0 radical (unpaired) electrons. The first-order valence-electron chi connectivity index (χ1n) is 9.63. The average Bonchev–Trinajstić information content (AvgIpc) is 2.83. The Balaban J connectivity index is 1.77. The van der Waals surface area contributed by atoms with E-state index in [-0.39, 0.29) is 17.8 Å². The summed E-state index contributed by atoms with van der Waals surface area (Å²) in [6.45, 7) is 9.43. The minimum atomic E-state index is -0.210. The summed E-state index contributed by atoms with van der Waals surface area (Å²) in [6.07, 6.45) is 2.73. The van der Waals surface area contributed by atoms with Gasteiger partial charge in [0.25, 0.3) is 5.91 Å². The lowest BCUT2D eigenvalue weighted by Gasteiger charge is -2.34. The summed E-state index contributed by atoms with van der Waals surface area (Å²) >= 11 is 0. The van der Waals surface area contributed by atoms with E-state index in [2.05, 4.69) is 23.8 Å². The van der Waals surface area contributed by atoms with Gasteiger partial charge in [0.2, 0.25) is 0 Å². The summed E-state index contributed by atoms with van der Waals surface area (Å²) in [5.41, 5.74) is 2.56. The second-order valence-corrected chi connectivity index (χ2v) is 7.81. The molecule has 3 rings (SSSR count). The lowest BCUT2D eigenvalue weighted by atomic mass is 10.0. The van der Waals surface area contributed by atoms with Crippen molar-refractivity contribution in [3.63, 3.8) is 0 Å². The third-order valence-electron chi connectivity index (χ3n) is 5.35. The Morgan fingerprint density at radius 3 is 2.56 bits per heavy atom. The molecule has 0 bridgehead atoms. The number of hydrogen-bond donors (Lipinski definition) is 0. The van der Waals surface area contributed by atoms with E-state index in [1.807, 2.05) is 37.2 Å². The maximum Gasteiger partial charge on any atom is 0.257 e. The van der Waals surface area contributed by atoms with E-state index in [4.69, 9.17) is 0 Å². The Labute approximate surface area is 160 Å². The predicted molar refractivity (Wildman–Crippen MR) is 104 cm³/mol. The summed E-state index contributed by atoms with van der Waals surface area (Å²) < 4.78 is 14.9. The van der Waals surface area contributed by atoms with E-state index >= 15 is 0 Å². The molecule has 27 heavy (non-hydrogen) atoms. The fourth-order valence-electron chi connectivity index (χ4n) is 3.88. The van der Waals surface area contributed by atoms with Crippen molar-refractivity contribution in [1.82, 2.24) is 19.6 Å². The molecule has 0 spiro atoms. The number of aryl methyl sites for hydroxylation is 2. The summed E-state index contributed by atoms with van der Waals surface area (Å²) in [5.74, 6) is 0.266. The van der Waals surface area contributed by atoms with Gasteiger partial charge in [-0.2, -0.15) is 5.10 Å². The molecule has 6 heteroatoms. The molecule has 1 aliphatic rings. The number of nitrogens with zero attached hydrogens (tertiary/aromatic N) is 4. The number of halogens is 1. The number of aromatic nitrogens is 2. The third kappa shape index (κ3) is 4.56. The minimum absolute atomic E-state index is 0.0647. The highest BCUT2D eigenvalue weighted by Crippen LogP contribution is 2.22. The largest absolute Gasteiger partial charge is 0.337 e. The molecule has 2 heterocycles. The molecular weight excluding hydrogens is 343 g/mol. The van der Waals surface area contributed by atoms with Crippen LogP contribution in [0, 0.1) is 18.7 Å². The van der Waals surface area contributed by atoms with E-state index in [0.717, 1.165) is 37.3 Å². The van der Waals surface area contributed by atoms with Crippen LogP contribution in [0.15, 0.2) is 30.5 Å². The maximum atomic E-state index is 13.2. The molecule has 0 aliphatic carbocycles. The molecule has 5 nitrogen and oxygen atoms in total. The normalized spacial score (nSPS) is 18.7.